The SMILES string of the molecule is CCCN(CCC)C(=O)C1=Cc2c(cc(-c3ccc(C=O)c(/C=N\N(C)CC(=O)N(C)C)c3)cc2OC)N=C(N)C1. The van der Waals surface area contributed by atoms with Crippen LogP contribution >= 0.6 is 0 Å². The van der Waals surface area contributed by atoms with Gasteiger partial charge in [-0.05, 0) is 48.2 Å². The van der Waals surface area contributed by atoms with Gasteiger partial charge in [-0.2, -0.15) is 5.10 Å². The van der Waals surface area contributed by atoms with Gasteiger partial charge in [-0.15, -0.1) is 0 Å². The number of fused-ring (bicyclic) bond motifs is 1. The summed E-state index contributed by atoms with van der Waals surface area (Å²) in [6, 6.07) is 9.17. The number of nitrogens with zero attached hydrogens (tertiary/aromatic N) is 5. The Labute approximate surface area is 242 Å². The molecule has 0 unspecified atom stereocenters. The van der Waals surface area contributed by atoms with Gasteiger partial charge in [0.25, 0.3) is 0 Å². The monoisotopic (exact) mass is 560 g/mol. The maximum Gasteiger partial charge on any atom is 0.250 e. The highest BCUT2D eigenvalue weighted by Crippen LogP contribution is 2.39. The van der Waals surface area contributed by atoms with Crippen molar-refractivity contribution in [2.45, 2.75) is 33.1 Å². The first-order valence-corrected chi connectivity index (χ1v) is 13.7. The van der Waals surface area contributed by atoms with Gasteiger partial charge in [-0.25, -0.2) is 4.99 Å². The molecule has 0 saturated heterocycles. The number of amidine groups is 1. The molecule has 0 radical (unpaired) electrons. The average Bonchev–Trinajstić information content (AvgIpc) is 3.12. The Morgan fingerprint density at radius 2 is 1.76 bits per heavy atom. The fraction of sp³-hybridized carbons (Fsp3) is 0.387. The summed E-state index contributed by atoms with van der Waals surface area (Å²) in [5.74, 6) is 0.759. The number of hydrogen-bond acceptors (Lipinski definition) is 8. The summed E-state index contributed by atoms with van der Waals surface area (Å²) in [7, 11) is 6.63. The summed E-state index contributed by atoms with van der Waals surface area (Å²) >= 11 is 0. The summed E-state index contributed by atoms with van der Waals surface area (Å²) in [6.45, 7) is 5.56. The molecular weight excluding hydrogens is 520 g/mol. The highest BCUT2D eigenvalue weighted by atomic mass is 16.5. The molecule has 1 aliphatic heterocycles. The van der Waals surface area contributed by atoms with Gasteiger partial charge < -0.3 is 20.3 Å². The molecule has 1 heterocycles. The van der Waals surface area contributed by atoms with Crippen molar-refractivity contribution >= 4 is 41.9 Å². The zero-order chi connectivity index (χ0) is 30.1. The number of ether oxygens (including phenoxy) is 1. The second-order valence-corrected chi connectivity index (χ2v) is 10.2. The summed E-state index contributed by atoms with van der Waals surface area (Å²) < 4.78 is 5.75. The molecule has 0 atom stereocenters. The van der Waals surface area contributed by atoms with Crippen LogP contribution in [-0.2, 0) is 9.59 Å². The lowest BCUT2D eigenvalue weighted by atomic mass is 9.97. The van der Waals surface area contributed by atoms with E-state index >= 15 is 0 Å². The Morgan fingerprint density at radius 3 is 2.37 bits per heavy atom. The molecule has 41 heavy (non-hydrogen) atoms. The smallest absolute Gasteiger partial charge is 0.250 e. The molecule has 0 aliphatic carbocycles. The van der Waals surface area contributed by atoms with Crippen molar-refractivity contribution in [3.63, 3.8) is 0 Å². The quantitative estimate of drug-likeness (QED) is 0.238. The van der Waals surface area contributed by atoms with Crippen LogP contribution < -0.4 is 10.5 Å². The fourth-order valence-electron chi connectivity index (χ4n) is 4.51. The van der Waals surface area contributed by atoms with Crippen molar-refractivity contribution in [2.24, 2.45) is 15.8 Å². The van der Waals surface area contributed by atoms with Crippen molar-refractivity contribution in [3.8, 4) is 16.9 Å². The van der Waals surface area contributed by atoms with Crippen LogP contribution in [0.1, 0.15) is 54.6 Å². The first-order chi connectivity index (χ1) is 19.6. The molecule has 2 aromatic carbocycles. The van der Waals surface area contributed by atoms with E-state index in [4.69, 9.17) is 10.5 Å². The number of hydrazone groups is 1. The van der Waals surface area contributed by atoms with Crippen LogP contribution in [0.5, 0.6) is 5.75 Å². The second kappa shape index (κ2) is 14.2. The van der Waals surface area contributed by atoms with Gasteiger partial charge in [0.05, 0.1) is 19.0 Å². The number of benzene rings is 2. The van der Waals surface area contributed by atoms with Gasteiger partial charge in [-0.3, -0.25) is 19.4 Å². The van der Waals surface area contributed by atoms with Crippen molar-refractivity contribution < 1.29 is 19.1 Å². The normalized spacial score (nSPS) is 12.6. The molecule has 0 fully saturated rings. The van der Waals surface area contributed by atoms with Crippen LogP contribution in [0, 0.1) is 0 Å². The first-order valence-electron chi connectivity index (χ1n) is 13.7. The van der Waals surface area contributed by atoms with Gasteiger partial charge in [0, 0.05) is 62.9 Å². The van der Waals surface area contributed by atoms with Crippen molar-refractivity contribution in [1.82, 2.24) is 14.8 Å². The lowest BCUT2D eigenvalue weighted by Gasteiger charge is -2.22. The predicted molar refractivity (Wildman–Crippen MR) is 164 cm³/mol. The van der Waals surface area contributed by atoms with Crippen LogP contribution in [0.3, 0.4) is 0 Å². The second-order valence-electron chi connectivity index (χ2n) is 10.2. The van der Waals surface area contributed by atoms with Gasteiger partial charge in [0.1, 0.15) is 18.1 Å². The van der Waals surface area contributed by atoms with E-state index in [2.05, 4.69) is 23.9 Å². The number of likely N-dealkylation sites (N-methyl/N-ethyl adjacent to an activating group) is 2. The molecule has 2 N–H and O–H groups in total. The maximum absolute atomic E-state index is 13.4. The van der Waals surface area contributed by atoms with Gasteiger partial charge in [0.15, 0.2) is 6.29 Å². The number of aliphatic imine (C=N–C) groups is 1. The maximum atomic E-state index is 13.4. The predicted octanol–water partition coefficient (Wildman–Crippen LogP) is 3.95. The summed E-state index contributed by atoms with van der Waals surface area (Å²) in [6.07, 6.45) is 6.14. The van der Waals surface area contributed by atoms with E-state index in [0.29, 0.717) is 52.6 Å². The van der Waals surface area contributed by atoms with E-state index in [1.807, 2.05) is 35.2 Å². The van der Waals surface area contributed by atoms with Crippen molar-refractivity contribution in [2.75, 3.05) is 47.9 Å². The molecule has 2 amide bonds. The van der Waals surface area contributed by atoms with Crippen LogP contribution in [-0.4, -0.2) is 92.8 Å². The molecule has 0 bridgehead atoms. The standard InChI is InChI=1S/C31H40N6O4/c1-7-11-37(12-8-2)31(40)24-14-26-27(34-29(32)17-24)15-23(16-28(26)41-6)21-9-10-22(20-38)25(13-21)18-33-36(5)19-30(39)35(3)4/h9-10,13-16,18,20H,7-8,11-12,17,19H2,1-6H3,(H2,32,34)/b33-18-. The Kier molecular flexibility index (Phi) is 10.8. The first kappa shape index (κ1) is 31.1. The number of aldehydes is 1. The summed E-state index contributed by atoms with van der Waals surface area (Å²) in [5, 5.41) is 5.86. The third kappa shape index (κ3) is 7.81. The Morgan fingerprint density at radius 1 is 1.05 bits per heavy atom. The van der Waals surface area contributed by atoms with E-state index in [1.54, 1.807) is 40.5 Å². The van der Waals surface area contributed by atoms with E-state index in [-0.39, 0.29) is 24.8 Å². The highest BCUT2D eigenvalue weighted by molar-refractivity contribution is 6.06. The Balaban J connectivity index is 2.03. The zero-order valence-electron chi connectivity index (χ0n) is 24.8. The number of hydrogen-bond donors (Lipinski definition) is 1. The highest BCUT2D eigenvalue weighted by Gasteiger charge is 2.23. The minimum Gasteiger partial charge on any atom is -0.496 e. The van der Waals surface area contributed by atoms with Gasteiger partial charge >= 0.3 is 0 Å². The number of methoxy groups -OCH3 is 1. The number of rotatable bonds is 12. The van der Waals surface area contributed by atoms with Crippen molar-refractivity contribution in [3.05, 3.63) is 52.6 Å². The number of nitrogens with two attached hydrogens (primary N) is 1. The molecule has 218 valence electrons. The third-order valence-corrected chi connectivity index (χ3v) is 6.65. The molecule has 10 nitrogen and oxygen atoms in total. The molecule has 10 heteroatoms. The van der Waals surface area contributed by atoms with E-state index in [1.165, 1.54) is 9.91 Å². The zero-order valence-corrected chi connectivity index (χ0v) is 24.8. The molecule has 3 rings (SSSR count). The lowest BCUT2D eigenvalue weighted by molar-refractivity contribution is -0.129. The lowest BCUT2D eigenvalue weighted by Crippen LogP contribution is -2.34. The van der Waals surface area contributed by atoms with Crippen molar-refractivity contribution in [1.29, 1.82) is 0 Å². The topological polar surface area (TPSA) is 121 Å². The van der Waals surface area contributed by atoms with Crippen LogP contribution in [0.25, 0.3) is 17.2 Å². The van der Waals surface area contributed by atoms with E-state index in [0.717, 1.165) is 30.3 Å². The molecular formula is C31H40N6O4. The van der Waals surface area contributed by atoms with E-state index in [9.17, 15) is 14.4 Å². The molecule has 1 aliphatic rings. The summed E-state index contributed by atoms with van der Waals surface area (Å²) in [4.78, 5) is 45.1. The third-order valence-electron chi connectivity index (χ3n) is 6.65. The van der Waals surface area contributed by atoms with Gasteiger partial charge in [-0.1, -0.05) is 26.0 Å². The minimum atomic E-state index is -0.0896. The van der Waals surface area contributed by atoms with Crippen LogP contribution in [0.4, 0.5) is 5.69 Å². The van der Waals surface area contributed by atoms with Crippen LogP contribution in [0.2, 0.25) is 0 Å². The number of carbonyl (C=O) groups excluding carboxylic acids is 3. The fourth-order valence-corrected chi connectivity index (χ4v) is 4.51. The average molecular weight is 561 g/mol. The van der Waals surface area contributed by atoms with E-state index < -0.39 is 0 Å². The largest absolute Gasteiger partial charge is 0.496 e. The molecule has 0 spiro atoms. The molecule has 0 aromatic heterocycles. The number of amides is 2. The number of carbonyl (C=O) groups is 3. The molecule has 0 saturated carbocycles. The minimum absolute atomic E-state index is 0.0449. The summed E-state index contributed by atoms with van der Waals surface area (Å²) in [5.41, 5.74) is 10.8. The van der Waals surface area contributed by atoms with Gasteiger partial charge in [0.2, 0.25) is 11.8 Å². The van der Waals surface area contributed by atoms with Crippen LogP contribution in [0.15, 0.2) is 46.0 Å². The Bertz CT molecular complexity index is 1370. The molecule has 2 aromatic rings. The Hall–Kier alpha value is -4.47.